The Kier molecular flexibility index (Phi) is 8.67. The van der Waals surface area contributed by atoms with Gasteiger partial charge in [-0.15, -0.1) is 0 Å². The maximum atomic E-state index is 5.61. The van der Waals surface area contributed by atoms with Gasteiger partial charge >= 0.3 is 0 Å². The molecule has 1 aliphatic heterocycles. The molecule has 1 aliphatic rings. The third kappa shape index (κ3) is 7.28. The number of piperidine rings is 1. The maximum Gasteiger partial charge on any atom is 0.0489 e. The van der Waals surface area contributed by atoms with Gasteiger partial charge in [-0.1, -0.05) is 20.8 Å². The van der Waals surface area contributed by atoms with E-state index >= 15 is 0 Å². The van der Waals surface area contributed by atoms with Crippen LogP contribution < -0.4 is 5.32 Å². The van der Waals surface area contributed by atoms with Gasteiger partial charge in [-0.05, 0) is 57.7 Å². The fourth-order valence-corrected chi connectivity index (χ4v) is 2.78. The van der Waals surface area contributed by atoms with Gasteiger partial charge in [0.2, 0.25) is 0 Å². The lowest BCUT2D eigenvalue weighted by Gasteiger charge is -2.35. The molecule has 1 saturated heterocycles. The Labute approximate surface area is 120 Å². The van der Waals surface area contributed by atoms with Crippen molar-refractivity contribution in [3.8, 4) is 0 Å². The first kappa shape index (κ1) is 16.9. The Bertz CT molecular complexity index is 221. The first-order valence-electron chi connectivity index (χ1n) is 8.17. The Morgan fingerprint density at radius 3 is 2.79 bits per heavy atom. The number of ether oxygens (including phenoxy) is 1. The van der Waals surface area contributed by atoms with Crippen molar-refractivity contribution in [3.63, 3.8) is 0 Å². The van der Waals surface area contributed by atoms with Crippen molar-refractivity contribution in [2.45, 2.75) is 53.0 Å². The molecule has 19 heavy (non-hydrogen) atoms. The second kappa shape index (κ2) is 9.73. The molecule has 0 amide bonds. The highest BCUT2D eigenvalue weighted by atomic mass is 16.5. The van der Waals surface area contributed by atoms with E-state index in [4.69, 9.17) is 4.74 Å². The topological polar surface area (TPSA) is 24.5 Å². The summed E-state index contributed by atoms with van der Waals surface area (Å²) in [6.07, 6.45) is 3.87. The zero-order valence-electron chi connectivity index (χ0n) is 13.5. The summed E-state index contributed by atoms with van der Waals surface area (Å²) >= 11 is 0. The van der Waals surface area contributed by atoms with Crippen molar-refractivity contribution in [1.29, 1.82) is 0 Å². The summed E-state index contributed by atoms with van der Waals surface area (Å²) in [5.41, 5.74) is 0. The van der Waals surface area contributed by atoms with E-state index in [1.807, 2.05) is 0 Å². The second-order valence-electron chi connectivity index (χ2n) is 6.36. The van der Waals surface area contributed by atoms with Crippen LogP contribution in [0.1, 0.15) is 47.0 Å². The molecule has 1 N–H and O–H groups in total. The zero-order chi connectivity index (χ0) is 14.1. The minimum absolute atomic E-state index is 0.638. The minimum Gasteiger partial charge on any atom is -0.381 e. The molecule has 0 bridgehead atoms. The highest BCUT2D eigenvalue weighted by molar-refractivity contribution is 4.79. The van der Waals surface area contributed by atoms with Crippen LogP contribution in [0.15, 0.2) is 0 Å². The molecular weight excluding hydrogens is 236 g/mol. The Morgan fingerprint density at radius 2 is 2.11 bits per heavy atom. The van der Waals surface area contributed by atoms with Gasteiger partial charge in [-0.2, -0.15) is 0 Å². The lowest BCUT2D eigenvalue weighted by atomic mass is 9.91. The highest BCUT2D eigenvalue weighted by Gasteiger charge is 2.23. The van der Waals surface area contributed by atoms with Crippen molar-refractivity contribution in [2.75, 3.05) is 39.4 Å². The minimum atomic E-state index is 0.638. The van der Waals surface area contributed by atoms with Crippen LogP contribution in [0.4, 0.5) is 0 Å². The van der Waals surface area contributed by atoms with E-state index in [0.29, 0.717) is 12.0 Å². The van der Waals surface area contributed by atoms with Gasteiger partial charge in [0.15, 0.2) is 0 Å². The molecule has 0 aromatic heterocycles. The van der Waals surface area contributed by atoms with E-state index in [2.05, 4.69) is 37.9 Å². The predicted molar refractivity (Wildman–Crippen MR) is 82.6 cm³/mol. The molecule has 0 aromatic carbocycles. The van der Waals surface area contributed by atoms with Crippen LogP contribution in [-0.4, -0.2) is 50.3 Å². The fraction of sp³-hybridized carbons (Fsp3) is 1.00. The number of rotatable bonds is 9. The molecule has 0 spiro atoms. The summed E-state index contributed by atoms with van der Waals surface area (Å²) in [5, 5.41) is 3.68. The van der Waals surface area contributed by atoms with Crippen molar-refractivity contribution >= 4 is 0 Å². The number of nitrogens with one attached hydrogen (secondary N) is 1. The van der Waals surface area contributed by atoms with E-state index in [-0.39, 0.29) is 0 Å². The van der Waals surface area contributed by atoms with Crippen LogP contribution in [0.3, 0.4) is 0 Å². The summed E-state index contributed by atoms with van der Waals surface area (Å²) < 4.78 is 5.61. The summed E-state index contributed by atoms with van der Waals surface area (Å²) in [7, 11) is 0. The van der Waals surface area contributed by atoms with Crippen LogP contribution >= 0.6 is 0 Å². The van der Waals surface area contributed by atoms with Crippen molar-refractivity contribution in [2.24, 2.45) is 11.8 Å². The van der Waals surface area contributed by atoms with Gasteiger partial charge in [-0.25, -0.2) is 0 Å². The van der Waals surface area contributed by atoms with Gasteiger partial charge < -0.3 is 15.0 Å². The summed E-state index contributed by atoms with van der Waals surface area (Å²) in [6, 6.07) is 0.638. The van der Waals surface area contributed by atoms with E-state index in [0.717, 1.165) is 32.1 Å². The smallest absolute Gasteiger partial charge is 0.0489 e. The molecule has 114 valence electrons. The molecule has 3 heteroatoms. The van der Waals surface area contributed by atoms with Gasteiger partial charge in [0, 0.05) is 25.8 Å². The number of hydrogen-bond donors (Lipinski definition) is 1. The van der Waals surface area contributed by atoms with E-state index in [9.17, 15) is 0 Å². The Morgan fingerprint density at radius 1 is 1.32 bits per heavy atom. The third-order valence-electron chi connectivity index (χ3n) is 4.08. The number of nitrogens with zero attached hydrogens (tertiary/aromatic N) is 1. The lowest BCUT2D eigenvalue weighted by molar-refractivity contribution is 0.105. The molecule has 2 unspecified atom stereocenters. The van der Waals surface area contributed by atoms with Crippen molar-refractivity contribution in [1.82, 2.24) is 10.2 Å². The van der Waals surface area contributed by atoms with Crippen LogP contribution in [0.5, 0.6) is 0 Å². The monoisotopic (exact) mass is 270 g/mol. The van der Waals surface area contributed by atoms with Crippen LogP contribution in [-0.2, 0) is 4.74 Å². The van der Waals surface area contributed by atoms with Gasteiger partial charge in [0.05, 0.1) is 0 Å². The van der Waals surface area contributed by atoms with Crippen molar-refractivity contribution in [3.05, 3.63) is 0 Å². The average Bonchev–Trinajstić information content (AvgIpc) is 2.42. The lowest BCUT2D eigenvalue weighted by Crippen LogP contribution is -2.44. The standard InChI is InChI=1S/C16H34N2O/c1-5-18-10-6-8-16(12-18)15(4)17-9-7-11-19-13-14(2)3/h14-17H,5-13H2,1-4H3. The van der Waals surface area contributed by atoms with Crippen LogP contribution in [0, 0.1) is 11.8 Å². The van der Waals surface area contributed by atoms with E-state index in [1.54, 1.807) is 0 Å². The molecule has 0 aliphatic carbocycles. The van der Waals surface area contributed by atoms with Gasteiger partial charge in [-0.3, -0.25) is 0 Å². The molecule has 3 nitrogen and oxygen atoms in total. The largest absolute Gasteiger partial charge is 0.381 e. The maximum absolute atomic E-state index is 5.61. The molecule has 0 radical (unpaired) electrons. The number of likely N-dealkylation sites (tertiary alicyclic amines) is 1. The first-order valence-corrected chi connectivity index (χ1v) is 8.17. The van der Waals surface area contributed by atoms with E-state index in [1.165, 1.54) is 32.5 Å². The number of hydrogen-bond acceptors (Lipinski definition) is 3. The molecule has 1 fully saturated rings. The van der Waals surface area contributed by atoms with E-state index < -0.39 is 0 Å². The molecule has 0 saturated carbocycles. The first-order chi connectivity index (χ1) is 9.13. The second-order valence-corrected chi connectivity index (χ2v) is 6.36. The molecule has 1 rings (SSSR count). The molecule has 2 atom stereocenters. The van der Waals surface area contributed by atoms with Crippen molar-refractivity contribution < 1.29 is 4.74 Å². The molecule has 1 heterocycles. The Balaban J connectivity index is 2.05. The normalized spacial score (nSPS) is 22.9. The molecule has 0 aromatic rings. The third-order valence-corrected chi connectivity index (χ3v) is 4.08. The fourth-order valence-electron chi connectivity index (χ4n) is 2.78. The summed E-state index contributed by atoms with van der Waals surface area (Å²) in [5.74, 6) is 1.47. The average molecular weight is 270 g/mol. The van der Waals surface area contributed by atoms with Crippen LogP contribution in [0.2, 0.25) is 0 Å². The summed E-state index contributed by atoms with van der Waals surface area (Å²) in [6.45, 7) is 15.6. The SMILES string of the molecule is CCN1CCCC(C(C)NCCCOCC(C)C)C1. The zero-order valence-corrected chi connectivity index (χ0v) is 13.5. The van der Waals surface area contributed by atoms with Gasteiger partial charge in [0.25, 0.3) is 0 Å². The Hall–Kier alpha value is -0.120. The van der Waals surface area contributed by atoms with Gasteiger partial charge in [0.1, 0.15) is 0 Å². The quantitative estimate of drug-likeness (QED) is 0.652. The summed E-state index contributed by atoms with van der Waals surface area (Å²) in [4.78, 5) is 2.58. The predicted octanol–water partition coefficient (Wildman–Crippen LogP) is 2.76. The molecular formula is C16H34N2O. The van der Waals surface area contributed by atoms with Crippen LogP contribution in [0.25, 0.3) is 0 Å². The highest BCUT2D eigenvalue weighted by Crippen LogP contribution is 2.19.